The lowest BCUT2D eigenvalue weighted by Gasteiger charge is -2.09. The van der Waals surface area contributed by atoms with Crippen molar-refractivity contribution >= 4 is 43.7 Å². The molecule has 5 nitrogen and oxygen atoms in total. The fourth-order valence-electron chi connectivity index (χ4n) is 7.94. The van der Waals surface area contributed by atoms with Crippen LogP contribution in [0, 0.1) is 0 Å². The van der Waals surface area contributed by atoms with E-state index in [1.54, 1.807) is 0 Å². The third-order valence-electron chi connectivity index (χ3n) is 10.7. The standard InChI is InChI=1S/C51H32N4O/c1-5-14-33(15-6-1)37-25-28-44-42(30-37)43-31-38(34-16-7-2-8-17-34)26-29-45(43)55(44)46-23-13-22-41-40-27-24-39(32-47(40)56-48(41)46)51-53-49(35-18-9-3-10-19-35)52-50(54-51)36-20-11-4-12-21-36/h1-32H. The van der Waals surface area contributed by atoms with Crippen molar-refractivity contribution in [1.29, 1.82) is 0 Å². The average Bonchev–Trinajstić information content (AvgIpc) is 3.82. The Morgan fingerprint density at radius 1 is 0.321 bits per heavy atom. The average molecular weight is 717 g/mol. The number of aromatic nitrogens is 4. The molecule has 8 aromatic carbocycles. The Labute approximate surface area is 322 Å². The van der Waals surface area contributed by atoms with E-state index >= 15 is 0 Å². The maximum Gasteiger partial charge on any atom is 0.164 e. The second-order valence-electron chi connectivity index (χ2n) is 14.0. The van der Waals surface area contributed by atoms with Crippen LogP contribution in [0.2, 0.25) is 0 Å². The Kier molecular flexibility index (Phi) is 7.42. The van der Waals surface area contributed by atoms with Gasteiger partial charge in [0.25, 0.3) is 0 Å². The molecular weight excluding hydrogens is 685 g/mol. The van der Waals surface area contributed by atoms with Crippen LogP contribution in [0.15, 0.2) is 199 Å². The fraction of sp³-hybridized carbons (Fsp3) is 0. The Morgan fingerprint density at radius 2 is 0.786 bits per heavy atom. The molecule has 5 heteroatoms. The van der Waals surface area contributed by atoms with Crippen LogP contribution in [0.1, 0.15) is 0 Å². The van der Waals surface area contributed by atoms with Gasteiger partial charge in [-0.3, -0.25) is 0 Å². The number of furan rings is 1. The van der Waals surface area contributed by atoms with Crippen molar-refractivity contribution in [2.24, 2.45) is 0 Å². The van der Waals surface area contributed by atoms with Crippen LogP contribution >= 0.6 is 0 Å². The summed E-state index contributed by atoms with van der Waals surface area (Å²) in [4.78, 5) is 14.8. The normalized spacial score (nSPS) is 11.6. The lowest BCUT2D eigenvalue weighted by molar-refractivity contribution is 0.666. The molecule has 0 aliphatic heterocycles. The van der Waals surface area contributed by atoms with Gasteiger partial charge in [0, 0.05) is 38.2 Å². The highest BCUT2D eigenvalue weighted by Crippen LogP contribution is 2.41. The molecule has 56 heavy (non-hydrogen) atoms. The third-order valence-corrected chi connectivity index (χ3v) is 10.7. The van der Waals surface area contributed by atoms with Crippen molar-refractivity contribution in [3.8, 4) is 62.1 Å². The third kappa shape index (κ3) is 5.37. The van der Waals surface area contributed by atoms with E-state index in [9.17, 15) is 0 Å². The minimum atomic E-state index is 0.589. The first-order chi connectivity index (χ1) is 27.7. The maximum absolute atomic E-state index is 6.89. The molecule has 0 unspecified atom stereocenters. The molecule has 11 rings (SSSR count). The van der Waals surface area contributed by atoms with Crippen molar-refractivity contribution in [2.75, 3.05) is 0 Å². The summed E-state index contributed by atoms with van der Waals surface area (Å²) in [5.41, 5.74) is 12.3. The zero-order valence-corrected chi connectivity index (χ0v) is 30.2. The Bertz CT molecular complexity index is 3070. The topological polar surface area (TPSA) is 56.7 Å². The molecule has 3 heterocycles. The lowest BCUT2D eigenvalue weighted by atomic mass is 10.0. The molecule has 0 bridgehead atoms. The quantitative estimate of drug-likeness (QED) is 0.172. The van der Waals surface area contributed by atoms with Gasteiger partial charge in [-0.15, -0.1) is 0 Å². The Balaban J connectivity index is 1.10. The smallest absolute Gasteiger partial charge is 0.164 e. The van der Waals surface area contributed by atoms with Crippen LogP contribution < -0.4 is 0 Å². The van der Waals surface area contributed by atoms with Crippen molar-refractivity contribution < 1.29 is 4.42 Å². The minimum absolute atomic E-state index is 0.589. The van der Waals surface area contributed by atoms with E-state index in [4.69, 9.17) is 19.4 Å². The van der Waals surface area contributed by atoms with E-state index < -0.39 is 0 Å². The van der Waals surface area contributed by atoms with Crippen molar-refractivity contribution in [3.05, 3.63) is 194 Å². The summed E-state index contributed by atoms with van der Waals surface area (Å²) in [6.45, 7) is 0. The van der Waals surface area contributed by atoms with Crippen LogP contribution in [0.25, 0.3) is 106 Å². The highest BCUT2D eigenvalue weighted by Gasteiger charge is 2.20. The first-order valence-electron chi connectivity index (χ1n) is 18.8. The lowest BCUT2D eigenvalue weighted by Crippen LogP contribution is -2.00. The number of hydrogen-bond acceptors (Lipinski definition) is 4. The molecule has 0 radical (unpaired) electrons. The van der Waals surface area contributed by atoms with Gasteiger partial charge >= 0.3 is 0 Å². The molecule has 0 spiro atoms. The van der Waals surface area contributed by atoms with Crippen LogP contribution in [-0.4, -0.2) is 19.5 Å². The summed E-state index contributed by atoms with van der Waals surface area (Å²) in [7, 11) is 0. The van der Waals surface area contributed by atoms with Gasteiger partial charge in [0.05, 0.1) is 16.7 Å². The van der Waals surface area contributed by atoms with E-state index in [0.29, 0.717) is 17.5 Å². The van der Waals surface area contributed by atoms with Crippen molar-refractivity contribution in [2.45, 2.75) is 0 Å². The van der Waals surface area contributed by atoms with Crippen molar-refractivity contribution in [3.63, 3.8) is 0 Å². The van der Waals surface area contributed by atoms with Gasteiger partial charge < -0.3 is 8.98 Å². The molecule has 0 aliphatic carbocycles. The molecule has 0 saturated heterocycles. The summed E-state index contributed by atoms with van der Waals surface area (Å²) in [5.74, 6) is 1.84. The van der Waals surface area contributed by atoms with Crippen LogP contribution in [-0.2, 0) is 0 Å². The monoisotopic (exact) mass is 716 g/mol. The summed E-state index contributed by atoms with van der Waals surface area (Å²) >= 11 is 0. The van der Waals surface area contributed by atoms with Gasteiger partial charge in [0.15, 0.2) is 23.1 Å². The van der Waals surface area contributed by atoms with Gasteiger partial charge in [-0.25, -0.2) is 15.0 Å². The predicted molar refractivity (Wildman–Crippen MR) is 229 cm³/mol. The van der Waals surface area contributed by atoms with Gasteiger partial charge in [-0.1, -0.05) is 152 Å². The van der Waals surface area contributed by atoms with E-state index in [-0.39, 0.29) is 0 Å². The molecule has 0 N–H and O–H groups in total. The molecule has 262 valence electrons. The molecule has 11 aromatic rings. The molecule has 0 saturated carbocycles. The molecular formula is C51H32N4O. The number of nitrogens with zero attached hydrogens (tertiary/aromatic N) is 4. The van der Waals surface area contributed by atoms with Gasteiger partial charge in [-0.2, -0.15) is 0 Å². The first kappa shape index (κ1) is 31.9. The summed E-state index contributed by atoms with van der Waals surface area (Å²) < 4.78 is 9.24. The second-order valence-corrected chi connectivity index (χ2v) is 14.0. The highest BCUT2D eigenvalue weighted by molar-refractivity contribution is 6.14. The predicted octanol–water partition coefficient (Wildman–Crippen LogP) is 13.2. The minimum Gasteiger partial charge on any atom is -0.454 e. The number of para-hydroxylation sites is 1. The Hall–Kier alpha value is -7.63. The molecule has 0 aliphatic rings. The molecule has 0 fully saturated rings. The number of fused-ring (bicyclic) bond motifs is 6. The summed E-state index contributed by atoms with van der Waals surface area (Å²) in [6, 6.07) is 67.5. The van der Waals surface area contributed by atoms with Crippen LogP contribution in [0.4, 0.5) is 0 Å². The molecule has 0 amide bonds. The first-order valence-corrected chi connectivity index (χ1v) is 18.8. The Morgan fingerprint density at radius 3 is 1.30 bits per heavy atom. The maximum atomic E-state index is 6.89. The van der Waals surface area contributed by atoms with Gasteiger partial charge in [0.2, 0.25) is 0 Å². The van der Waals surface area contributed by atoms with Crippen molar-refractivity contribution in [1.82, 2.24) is 19.5 Å². The zero-order valence-electron chi connectivity index (χ0n) is 30.2. The highest BCUT2D eigenvalue weighted by atomic mass is 16.3. The molecule has 0 atom stereocenters. The number of rotatable bonds is 6. The number of hydrogen-bond donors (Lipinski definition) is 0. The van der Waals surface area contributed by atoms with Crippen LogP contribution in [0.3, 0.4) is 0 Å². The fourth-order valence-corrected chi connectivity index (χ4v) is 7.94. The van der Waals surface area contributed by atoms with Crippen LogP contribution in [0.5, 0.6) is 0 Å². The SMILES string of the molecule is c1ccc(-c2ccc3c(c2)c2cc(-c4ccccc4)ccc2n3-c2cccc3c2oc2cc(-c4nc(-c5ccccc5)nc(-c5ccccc5)n4)ccc23)cc1. The van der Waals surface area contributed by atoms with E-state index in [0.717, 1.165) is 55.3 Å². The van der Waals surface area contributed by atoms with E-state index in [1.807, 2.05) is 60.7 Å². The summed E-state index contributed by atoms with van der Waals surface area (Å²) in [5, 5.41) is 4.46. The number of benzene rings is 8. The molecule has 3 aromatic heterocycles. The van der Waals surface area contributed by atoms with Gasteiger partial charge in [0.1, 0.15) is 5.58 Å². The second kappa shape index (κ2) is 13.0. The van der Waals surface area contributed by atoms with Gasteiger partial charge in [-0.05, 0) is 64.7 Å². The van der Waals surface area contributed by atoms with E-state index in [2.05, 4.69) is 138 Å². The van der Waals surface area contributed by atoms with E-state index in [1.165, 1.54) is 33.0 Å². The largest absolute Gasteiger partial charge is 0.454 e. The summed E-state index contributed by atoms with van der Waals surface area (Å²) in [6.07, 6.45) is 0. The zero-order chi connectivity index (χ0) is 37.0.